The van der Waals surface area contributed by atoms with E-state index in [4.69, 9.17) is 0 Å². The normalized spacial score (nSPS) is 16.7. The van der Waals surface area contributed by atoms with E-state index < -0.39 is 0 Å². The van der Waals surface area contributed by atoms with Crippen molar-refractivity contribution in [2.24, 2.45) is 11.3 Å². The van der Waals surface area contributed by atoms with Gasteiger partial charge < -0.3 is 10.1 Å². The van der Waals surface area contributed by atoms with Gasteiger partial charge in [-0.25, -0.2) is 4.79 Å². The Morgan fingerprint density at radius 1 is 1.19 bits per heavy atom. The molecule has 1 aromatic heterocycles. The zero-order chi connectivity index (χ0) is 18.9. The fourth-order valence-electron chi connectivity index (χ4n) is 3.45. The molecule has 26 heavy (non-hydrogen) atoms. The van der Waals surface area contributed by atoms with Crippen LogP contribution in [0, 0.1) is 11.3 Å². The number of fused-ring (bicyclic) bond motifs is 1. The van der Waals surface area contributed by atoms with Gasteiger partial charge in [0.1, 0.15) is 0 Å². The molecule has 3 rings (SSSR count). The molecule has 1 aliphatic rings. The number of esters is 1. The van der Waals surface area contributed by atoms with Crippen molar-refractivity contribution in [3.8, 4) is 0 Å². The van der Waals surface area contributed by atoms with Crippen LogP contribution in [0.25, 0.3) is 0 Å². The minimum absolute atomic E-state index is 0.0810. The molecule has 1 atom stereocenters. The van der Waals surface area contributed by atoms with Crippen LogP contribution in [-0.2, 0) is 17.6 Å². The minimum atomic E-state index is -0.386. The molecular weight excluding hydrogens is 346 g/mol. The monoisotopic (exact) mass is 371 g/mol. The van der Waals surface area contributed by atoms with Crippen LogP contribution in [0.4, 0.5) is 5.69 Å². The fraction of sp³-hybridized carbons (Fsp3) is 0.429. The second-order valence-electron chi connectivity index (χ2n) is 7.88. The average molecular weight is 372 g/mol. The van der Waals surface area contributed by atoms with Crippen molar-refractivity contribution in [2.45, 2.75) is 40.0 Å². The Labute approximate surface area is 158 Å². The highest BCUT2D eigenvalue weighted by Crippen LogP contribution is 2.40. The summed E-state index contributed by atoms with van der Waals surface area (Å²) in [6.07, 6.45) is 3.15. The van der Waals surface area contributed by atoms with Crippen LogP contribution in [0.3, 0.4) is 0 Å². The summed E-state index contributed by atoms with van der Waals surface area (Å²) in [5.74, 6) is 0.195. The van der Waals surface area contributed by atoms with Crippen molar-refractivity contribution < 1.29 is 14.3 Å². The molecule has 0 saturated heterocycles. The Balaban J connectivity index is 1.72. The van der Waals surface area contributed by atoms with Crippen LogP contribution in [0.2, 0.25) is 0 Å². The van der Waals surface area contributed by atoms with Crippen molar-refractivity contribution in [1.82, 2.24) is 0 Å². The molecule has 1 N–H and O–H groups in total. The first-order chi connectivity index (χ1) is 12.3. The molecule has 0 aliphatic heterocycles. The van der Waals surface area contributed by atoms with Crippen molar-refractivity contribution in [2.75, 3.05) is 12.4 Å². The van der Waals surface area contributed by atoms with E-state index in [0.717, 1.165) is 24.8 Å². The minimum Gasteiger partial charge on any atom is -0.465 e. The summed E-state index contributed by atoms with van der Waals surface area (Å²) in [5.41, 5.74) is 3.43. The fourth-order valence-corrected chi connectivity index (χ4v) is 4.61. The summed E-state index contributed by atoms with van der Waals surface area (Å²) in [6, 6.07) is 6.74. The maximum atomic E-state index is 12.7. The molecule has 4 nitrogen and oxygen atoms in total. The van der Waals surface area contributed by atoms with Crippen molar-refractivity contribution >= 4 is 28.9 Å². The summed E-state index contributed by atoms with van der Waals surface area (Å²) >= 11 is 1.70. The molecule has 1 aliphatic carbocycles. The third kappa shape index (κ3) is 3.83. The number of benzene rings is 1. The summed E-state index contributed by atoms with van der Waals surface area (Å²) < 4.78 is 4.69. The van der Waals surface area contributed by atoms with Crippen molar-refractivity contribution in [3.05, 3.63) is 51.2 Å². The summed E-state index contributed by atoms with van der Waals surface area (Å²) in [6.45, 7) is 6.88. The Kier molecular flexibility index (Phi) is 5.19. The molecule has 5 heteroatoms. The molecule has 1 unspecified atom stereocenters. The van der Waals surface area contributed by atoms with Gasteiger partial charge in [0, 0.05) is 15.9 Å². The van der Waals surface area contributed by atoms with Gasteiger partial charge in [0.2, 0.25) is 0 Å². The number of nitrogens with one attached hydrogen (secondary N) is 1. The Morgan fingerprint density at radius 2 is 1.88 bits per heavy atom. The first-order valence-corrected chi connectivity index (χ1v) is 9.76. The van der Waals surface area contributed by atoms with E-state index >= 15 is 0 Å². The van der Waals surface area contributed by atoms with E-state index in [0.29, 0.717) is 22.6 Å². The van der Waals surface area contributed by atoms with E-state index in [9.17, 15) is 9.59 Å². The van der Waals surface area contributed by atoms with Crippen LogP contribution < -0.4 is 5.32 Å². The summed E-state index contributed by atoms with van der Waals surface area (Å²) in [5, 5.41) is 4.92. The number of amides is 1. The molecule has 0 bridgehead atoms. The maximum Gasteiger partial charge on any atom is 0.337 e. The SMILES string of the molecule is COC(=O)c1ccc(NC(=O)c2csc3c2CCC(C(C)(C)C)C3)cc1. The van der Waals surface area contributed by atoms with Gasteiger partial charge in [-0.05, 0) is 60.4 Å². The van der Waals surface area contributed by atoms with E-state index in [1.165, 1.54) is 17.6 Å². The summed E-state index contributed by atoms with van der Waals surface area (Å²) in [4.78, 5) is 25.5. The second-order valence-corrected chi connectivity index (χ2v) is 8.84. The van der Waals surface area contributed by atoms with Gasteiger partial charge in [-0.3, -0.25) is 4.79 Å². The zero-order valence-electron chi connectivity index (χ0n) is 15.7. The number of ether oxygens (including phenoxy) is 1. The maximum absolute atomic E-state index is 12.7. The molecule has 0 fully saturated rings. The molecule has 0 radical (unpaired) electrons. The molecule has 138 valence electrons. The smallest absolute Gasteiger partial charge is 0.337 e. The zero-order valence-corrected chi connectivity index (χ0v) is 16.5. The van der Waals surface area contributed by atoms with Gasteiger partial charge >= 0.3 is 5.97 Å². The van der Waals surface area contributed by atoms with E-state index in [1.54, 1.807) is 35.6 Å². The van der Waals surface area contributed by atoms with Gasteiger partial charge in [-0.2, -0.15) is 0 Å². The predicted octanol–water partition coefficient (Wildman–Crippen LogP) is 4.94. The lowest BCUT2D eigenvalue weighted by Crippen LogP contribution is -2.27. The lowest BCUT2D eigenvalue weighted by atomic mass is 9.72. The van der Waals surface area contributed by atoms with Gasteiger partial charge in [0.05, 0.1) is 18.2 Å². The molecule has 1 aromatic carbocycles. The van der Waals surface area contributed by atoms with Crippen LogP contribution in [0.15, 0.2) is 29.6 Å². The van der Waals surface area contributed by atoms with Crippen molar-refractivity contribution in [1.29, 1.82) is 0 Å². The van der Waals surface area contributed by atoms with Crippen LogP contribution in [0.5, 0.6) is 0 Å². The summed E-state index contributed by atoms with van der Waals surface area (Å²) in [7, 11) is 1.35. The predicted molar refractivity (Wildman–Crippen MR) is 105 cm³/mol. The molecule has 1 heterocycles. The van der Waals surface area contributed by atoms with E-state index in [2.05, 4.69) is 30.8 Å². The quantitative estimate of drug-likeness (QED) is 0.778. The number of hydrogen-bond donors (Lipinski definition) is 1. The topological polar surface area (TPSA) is 55.4 Å². The average Bonchev–Trinajstić information content (AvgIpc) is 3.04. The highest BCUT2D eigenvalue weighted by molar-refractivity contribution is 7.10. The van der Waals surface area contributed by atoms with Gasteiger partial charge in [-0.1, -0.05) is 20.8 Å². The standard InChI is InChI=1S/C21H25NO3S/c1-21(2,3)14-7-10-16-17(12-26-18(16)11-14)19(23)22-15-8-5-13(6-9-15)20(24)25-4/h5-6,8-9,12,14H,7,10-11H2,1-4H3,(H,22,23). The van der Waals surface area contributed by atoms with Crippen LogP contribution >= 0.6 is 11.3 Å². The first kappa shape index (κ1) is 18.6. The number of thiophene rings is 1. The third-order valence-corrected chi connectivity index (χ3v) is 6.24. The lowest BCUT2D eigenvalue weighted by molar-refractivity contribution is 0.0600. The number of carbonyl (C=O) groups is 2. The lowest BCUT2D eigenvalue weighted by Gasteiger charge is -2.34. The largest absolute Gasteiger partial charge is 0.465 e. The van der Waals surface area contributed by atoms with Crippen LogP contribution in [0.1, 0.15) is 58.3 Å². The first-order valence-electron chi connectivity index (χ1n) is 8.88. The second kappa shape index (κ2) is 7.23. The number of anilines is 1. The highest BCUT2D eigenvalue weighted by atomic mass is 32.1. The Bertz CT molecular complexity index is 815. The van der Waals surface area contributed by atoms with E-state index in [1.807, 2.05) is 5.38 Å². The number of hydrogen-bond acceptors (Lipinski definition) is 4. The van der Waals surface area contributed by atoms with Gasteiger partial charge in [0.15, 0.2) is 0 Å². The van der Waals surface area contributed by atoms with E-state index in [-0.39, 0.29) is 11.9 Å². The number of carbonyl (C=O) groups excluding carboxylic acids is 2. The van der Waals surface area contributed by atoms with Gasteiger partial charge in [-0.15, -0.1) is 11.3 Å². The third-order valence-electron chi connectivity index (χ3n) is 5.19. The molecular formula is C21H25NO3S. The van der Waals surface area contributed by atoms with Gasteiger partial charge in [0.25, 0.3) is 5.91 Å². The molecule has 2 aromatic rings. The number of rotatable bonds is 3. The molecule has 1 amide bonds. The number of methoxy groups -OCH3 is 1. The molecule has 0 spiro atoms. The Morgan fingerprint density at radius 3 is 2.50 bits per heavy atom. The molecule has 0 saturated carbocycles. The highest BCUT2D eigenvalue weighted by Gasteiger charge is 2.31. The van der Waals surface area contributed by atoms with Crippen LogP contribution in [-0.4, -0.2) is 19.0 Å². The van der Waals surface area contributed by atoms with Crippen molar-refractivity contribution in [3.63, 3.8) is 0 Å². The Hall–Kier alpha value is -2.14.